The zero-order valence-corrected chi connectivity index (χ0v) is 18.1. The van der Waals surface area contributed by atoms with Gasteiger partial charge in [0.05, 0.1) is 30.0 Å². The quantitative estimate of drug-likeness (QED) is 0.576. The molecule has 1 amide bonds. The summed E-state index contributed by atoms with van der Waals surface area (Å²) in [6.45, 7) is 0. The Labute approximate surface area is 180 Å². The van der Waals surface area contributed by atoms with E-state index >= 15 is 0 Å². The highest BCUT2D eigenvalue weighted by Gasteiger charge is 2.29. The number of methoxy groups -OCH3 is 1. The number of hydrogen-bond donors (Lipinski definition) is 2. The topological polar surface area (TPSA) is 89.0 Å². The van der Waals surface area contributed by atoms with Crippen molar-refractivity contribution in [1.82, 2.24) is 14.5 Å². The van der Waals surface area contributed by atoms with E-state index in [1.54, 1.807) is 6.07 Å². The number of imidazole rings is 1. The van der Waals surface area contributed by atoms with Crippen molar-refractivity contribution in [1.29, 1.82) is 0 Å². The van der Waals surface area contributed by atoms with Gasteiger partial charge in [-0.1, -0.05) is 17.7 Å². The van der Waals surface area contributed by atoms with Crippen LogP contribution in [0.5, 0.6) is 5.88 Å². The molecule has 4 rings (SSSR count). The minimum absolute atomic E-state index is 0.0551. The highest BCUT2D eigenvalue weighted by Crippen LogP contribution is 2.35. The van der Waals surface area contributed by atoms with Crippen LogP contribution in [0.2, 0.25) is 5.02 Å². The zero-order chi connectivity index (χ0) is 20.5. The number of aromatic amines is 1. The molecule has 152 valence electrons. The van der Waals surface area contributed by atoms with Crippen LogP contribution in [-0.2, 0) is 4.79 Å². The number of pyridine rings is 1. The number of aromatic nitrogens is 3. The number of fused-ring (bicyclic) bond motifs is 1. The second-order valence-electron chi connectivity index (χ2n) is 7.14. The number of nitrogens with one attached hydrogen (secondary N) is 2. The number of benzene rings is 1. The van der Waals surface area contributed by atoms with Crippen molar-refractivity contribution in [3.63, 3.8) is 0 Å². The number of nitrogens with zero attached hydrogens (tertiary/aromatic N) is 2. The van der Waals surface area contributed by atoms with Crippen molar-refractivity contribution in [2.24, 2.45) is 5.92 Å². The Morgan fingerprint density at radius 3 is 2.79 bits per heavy atom. The van der Waals surface area contributed by atoms with Crippen LogP contribution in [0.25, 0.3) is 11.0 Å². The minimum atomic E-state index is -0.112. The molecule has 3 aromatic rings. The highest BCUT2D eigenvalue weighted by atomic mass is 79.9. The molecule has 0 bridgehead atoms. The Kier molecular flexibility index (Phi) is 5.65. The SMILES string of the molecule is COc1ncc(NC(=O)C2CCC(n3c(=O)[nH]c4c(Br)cccc43)CC2)cc1Cl. The lowest BCUT2D eigenvalue weighted by Gasteiger charge is -2.28. The molecule has 1 aromatic carbocycles. The van der Waals surface area contributed by atoms with E-state index in [0.717, 1.165) is 28.3 Å². The molecule has 0 saturated heterocycles. The van der Waals surface area contributed by atoms with Crippen LogP contribution in [0.15, 0.2) is 39.7 Å². The van der Waals surface area contributed by atoms with Crippen molar-refractivity contribution in [2.45, 2.75) is 31.7 Å². The van der Waals surface area contributed by atoms with E-state index in [-0.39, 0.29) is 23.6 Å². The smallest absolute Gasteiger partial charge is 0.326 e. The Balaban J connectivity index is 1.44. The molecule has 1 aliphatic rings. The first-order chi connectivity index (χ1) is 14.0. The molecular weight excluding hydrogens is 460 g/mol. The normalized spacial score (nSPS) is 19.3. The summed E-state index contributed by atoms with van der Waals surface area (Å²) in [5, 5.41) is 3.23. The molecule has 9 heteroatoms. The third kappa shape index (κ3) is 3.91. The van der Waals surface area contributed by atoms with E-state index in [9.17, 15) is 9.59 Å². The van der Waals surface area contributed by atoms with Crippen LogP contribution in [0.3, 0.4) is 0 Å². The third-order valence-electron chi connectivity index (χ3n) is 5.40. The maximum Gasteiger partial charge on any atom is 0.326 e. The highest BCUT2D eigenvalue weighted by molar-refractivity contribution is 9.10. The number of amides is 1. The first kappa shape index (κ1) is 20.0. The van der Waals surface area contributed by atoms with E-state index < -0.39 is 0 Å². The molecule has 0 aliphatic heterocycles. The summed E-state index contributed by atoms with van der Waals surface area (Å²) in [5.41, 5.74) is 2.12. The molecule has 29 heavy (non-hydrogen) atoms. The zero-order valence-electron chi connectivity index (χ0n) is 15.7. The summed E-state index contributed by atoms with van der Waals surface area (Å²) >= 11 is 9.55. The number of ether oxygens (including phenoxy) is 1. The van der Waals surface area contributed by atoms with Gasteiger partial charge in [-0.3, -0.25) is 9.36 Å². The van der Waals surface area contributed by atoms with E-state index in [1.165, 1.54) is 13.3 Å². The average Bonchev–Trinajstić information content (AvgIpc) is 3.05. The van der Waals surface area contributed by atoms with Gasteiger partial charge in [-0.15, -0.1) is 0 Å². The van der Waals surface area contributed by atoms with Gasteiger partial charge in [0.2, 0.25) is 11.8 Å². The summed E-state index contributed by atoms with van der Waals surface area (Å²) in [5.74, 6) is 0.154. The molecule has 0 spiro atoms. The van der Waals surface area contributed by atoms with Gasteiger partial charge in [0.25, 0.3) is 0 Å². The number of rotatable bonds is 4. The fourth-order valence-electron chi connectivity index (χ4n) is 3.96. The molecule has 2 aromatic heterocycles. The monoisotopic (exact) mass is 478 g/mol. The fourth-order valence-corrected chi connectivity index (χ4v) is 4.66. The summed E-state index contributed by atoms with van der Waals surface area (Å²) in [7, 11) is 1.49. The van der Waals surface area contributed by atoms with Crippen LogP contribution in [-0.4, -0.2) is 27.6 Å². The summed E-state index contributed by atoms with van der Waals surface area (Å²) in [6.07, 6.45) is 4.47. The van der Waals surface area contributed by atoms with E-state index in [4.69, 9.17) is 16.3 Å². The molecule has 0 atom stereocenters. The van der Waals surface area contributed by atoms with Gasteiger partial charge in [-0.25, -0.2) is 9.78 Å². The van der Waals surface area contributed by atoms with Crippen molar-refractivity contribution < 1.29 is 9.53 Å². The average molecular weight is 480 g/mol. The molecule has 2 heterocycles. The maximum atomic E-state index is 12.7. The predicted octanol–water partition coefficient (Wildman–Crippen LogP) is 4.52. The van der Waals surface area contributed by atoms with E-state index in [2.05, 4.69) is 31.2 Å². The molecular formula is C20H20BrClN4O3. The Hall–Kier alpha value is -2.32. The van der Waals surface area contributed by atoms with Crippen molar-refractivity contribution >= 4 is 50.2 Å². The second-order valence-corrected chi connectivity index (χ2v) is 8.41. The van der Waals surface area contributed by atoms with Crippen LogP contribution < -0.4 is 15.7 Å². The first-order valence-corrected chi connectivity index (χ1v) is 10.5. The Morgan fingerprint density at radius 1 is 1.34 bits per heavy atom. The Morgan fingerprint density at radius 2 is 2.10 bits per heavy atom. The van der Waals surface area contributed by atoms with Gasteiger partial charge in [-0.2, -0.15) is 0 Å². The van der Waals surface area contributed by atoms with Gasteiger partial charge in [0, 0.05) is 16.4 Å². The summed E-state index contributed by atoms with van der Waals surface area (Å²) in [6, 6.07) is 7.47. The third-order valence-corrected chi connectivity index (χ3v) is 6.33. The molecule has 0 unspecified atom stereocenters. The number of anilines is 1. The van der Waals surface area contributed by atoms with Crippen LogP contribution in [0.1, 0.15) is 31.7 Å². The molecule has 1 fully saturated rings. The number of carbonyl (C=O) groups is 1. The number of hydrogen-bond acceptors (Lipinski definition) is 4. The number of carbonyl (C=O) groups excluding carboxylic acids is 1. The lowest BCUT2D eigenvalue weighted by molar-refractivity contribution is -0.121. The lowest BCUT2D eigenvalue weighted by atomic mass is 9.85. The van der Waals surface area contributed by atoms with Gasteiger partial charge in [0.1, 0.15) is 5.02 Å². The largest absolute Gasteiger partial charge is 0.480 e. The molecule has 7 nitrogen and oxygen atoms in total. The van der Waals surface area contributed by atoms with Gasteiger partial charge in [0.15, 0.2) is 0 Å². The lowest BCUT2D eigenvalue weighted by Crippen LogP contribution is -2.31. The van der Waals surface area contributed by atoms with Crippen molar-refractivity contribution in [3.05, 3.63) is 50.4 Å². The number of H-pyrrole nitrogens is 1. The number of halogens is 2. The minimum Gasteiger partial charge on any atom is -0.480 e. The number of para-hydroxylation sites is 1. The molecule has 1 saturated carbocycles. The van der Waals surface area contributed by atoms with Crippen molar-refractivity contribution in [2.75, 3.05) is 12.4 Å². The van der Waals surface area contributed by atoms with E-state index in [1.807, 2.05) is 22.8 Å². The van der Waals surface area contributed by atoms with Crippen molar-refractivity contribution in [3.8, 4) is 5.88 Å². The van der Waals surface area contributed by atoms with Gasteiger partial charge in [-0.05, 0) is 59.8 Å². The standard InChI is InChI=1S/C20H20BrClN4O3/c1-29-19-15(22)9-12(10-23-19)24-18(27)11-5-7-13(8-6-11)26-16-4-2-3-14(21)17(16)25-20(26)28/h2-4,9-11,13H,5-8H2,1H3,(H,24,27)(H,25,28). The van der Waals surface area contributed by atoms with Crippen LogP contribution in [0.4, 0.5) is 5.69 Å². The Bertz CT molecular complexity index is 1120. The molecule has 1 aliphatic carbocycles. The van der Waals surface area contributed by atoms with E-state index in [0.29, 0.717) is 29.4 Å². The van der Waals surface area contributed by atoms with Crippen LogP contribution >= 0.6 is 27.5 Å². The predicted molar refractivity (Wildman–Crippen MR) is 116 cm³/mol. The summed E-state index contributed by atoms with van der Waals surface area (Å²) < 4.78 is 7.71. The van der Waals surface area contributed by atoms with Gasteiger partial charge >= 0.3 is 5.69 Å². The molecule has 2 N–H and O–H groups in total. The summed E-state index contributed by atoms with van der Waals surface area (Å²) in [4.78, 5) is 32.2. The molecule has 0 radical (unpaired) electrons. The fraction of sp³-hybridized carbons (Fsp3) is 0.350. The first-order valence-electron chi connectivity index (χ1n) is 9.37. The van der Waals surface area contributed by atoms with Crippen LogP contribution in [0, 0.1) is 5.92 Å². The second kappa shape index (κ2) is 8.20. The maximum absolute atomic E-state index is 12.7. The van der Waals surface area contributed by atoms with Gasteiger partial charge < -0.3 is 15.0 Å².